The van der Waals surface area contributed by atoms with Crippen molar-refractivity contribution in [3.05, 3.63) is 51.8 Å². The molecule has 3 N–H and O–H groups in total. The molecule has 0 bridgehead atoms. The number of nitrogen functional groups attached to an aromatic ring is 1. The topological polar surface area (TPSA) is 72.2 Å². The summed E-state index contributed by atoms with van der Waals surface area (Å²) in [4.78, 5) is -0.619. The van der Waals surface area contributed by atoms with Gasteiger partial charge in [-0.3, -0.25) is 4.72 Å². The molecular weight excluding hydrogens is 338 g/mol. The molecule has 2 aromatic carbocycles. The molecule has 4 nitrogen and oxygen atoms in total. The predicted octanol–water partition coefficient (Wildman–Crippen LogP) is 3.82. The maximum atomic E-state index is 13.9. The van der Waals surface area contributed by atoms with Crippen LogP contribution in [0.1, 0.15) is 5.56 Å². The number of rotatable bonds is 3. The molecule has 0 aliphatic rings. The second-order valence-corrected chi connectivity index (χ2v) is 6.90. The number of anilines is 2. The lowest BCUT2D eigenvalue weighted by Crippen LogP contribution is -2.16. The van der Waals surface area contributed by atoms with E-state index in [1.54, 1.807) is 19.1 Å². The first kappa shape index (κ1) is 15.9. The van der Waals surface area contributed by atoms with Gasteiger partial charge in [0, 0.05) is 10.0 Å². The molecular formula is C13H11Cl2FN2O2S. The van der Waals surface area contributed by atoms with E-state index in [0.717, 1.165) is 12.1 Å². The van der Waals surface area contributed by atoms with Gasteiger partial charge < -0.3 is 5.73 Å². The number of hydrogen-bond acceptors (Lipinski definition) is 3. The molecule has 112 valence electrons. The van der Waals surface area contributed by atoms with E-state index in [9.17, 15) is 12.8 Å². The molecule has 0 saturated carbocycles. The Balaban J connectivity index is 2.51. The van der Waals surface area contributed by atoms with Crippen LogP contribution in [0.4, 0.5) is 15.8 Å². The Bertz CT molecular complexity index is 810. The van der Waals surface area contributed by atoms with Crippen LogP contribution >= 0.6 is 23.2 Å². The molecule has 0 atom stereocenters. The molecule has 0 aliphatic carbocycles. The summed E-state index contributed by atoms with van der Waals surface area (Å²) in [6, 6.07) is 6.83. The van der Waals surface area contributed by atoms with Gasteiger partial charge in [-0.15, -0.1) is 0 Å². The lowest BCUT2D eigenvalue weighted by atomic mass is 10.2. The number of nitrogens with two attached hydrogens (primary N) is 1. The monoisotopic (exact) mass is 348 g/mol. The minimum absolute atomic E-state index is 0.0251. The van der Waals surface area contributed by atoms with Crippen molar-refractivity contribution in [3.63, 3.8) is 0 Å². The summed E-state index contributed by atoms with van der Waals surface area (Å²) >= 11 is 11.6. The Labute approximate surface area is 131 Å². The van der Waals surface area contributed by atoms with Gasteiger partial charge in [-0.1, -0.05) is 29.3 Å². The summed E-state index contributed by atoms with van der Waals surface area (Å²) in [7, 11) is -4.18. The SMILES string of the molecule is Cc1ccc(Cl)cc1NS(=O)(=O)c1cc(Cl)cc(N)c1F. The second-order valence-electron chi connectivity index (χ2n) is 4.37. The van der Waals surface area contributed by atoms with Gasteiger partial charge >= 0.3 is 0 Å². The molecule has 2 aromatic rings. The zero-order valence-corrected chi connectivity index (χ0v) is 13.2. The molecule has 0 saturated heterocycles. The van der Waals surface area contributed by atoms with E-state index in [1.165, 1.54) is 6.07 Å². The molecule has 0 unspecified atom stereocenters. The van der Waals surface area contributed by atoms with Crippen LogP contribution in [0, 0.1) is 12.7 Å². The average Bonchev–Trinajstić information content (AvgIpc) is 2.37. The normalized spacial score (nSPS) is 11.4. The van der Waals surface area contributed by atoms with E-state index in [0.29, 0.717) is 10.6 Å². The van der Waals surface area contributed by atoms with Gasteiger partial charge in [0.15, 0.2) is 5.82 Å². The van der Waals surface area contributed by atoms with Gasteiger partial charge in [0.1, 0.15) is 4.90 Å². The maximum absolute atomic E-state index is 13.9. The van der Waals surface area contributed by atoms with Crippen LogP contribution in [0.5, 0.6) is 0 Å². The second kappa shape index (κ2) is 5.71. The number of aryl methyl sites for hydroxylation is 1. The van der Waals surface area contributed by atoms with E-state index in [4.69, 9.17) is 28.9 Å². The molecule has 0 spiro atoms. The Morgan fingerprint density at radius 2 is 1.81 bits per heavy atom. The Morgan fingerprint density at radius 3 is 2.48 bits per heavy atom. The van der Waals surface area contributed by atoms with Crippen molar-refractivity contribution in [2.45, 2.75) is 11.8 Å². The Kier molecular flexibility index (Phi) is 4.32. The molecule has 8 heteroatoms. The van der Waals surface area contributed by atoms with Gasteiger partial charge in [0.25, 0.3) is 10.0 Å². The van der Waals surface area contributed by atoms with Crippen LogP contribution < -0.4 is 10.5 Å². The van der Waals surface area contributed by atoms with Gasteiger partial charge in [-0.05, 0) is 36.8 Å². The molecule has 0 aromatic heterocycles. The van der Waals surface area contributed by atoms with E-state index in [-0.39, 0.29) is 16.4 Å². The summed E-state index contributed by atoms with van der Waals surface area (Å²) < 4.78 is 40.8. The average molecular weight is 349 g/mol. The summed E-state index contributed by atoms with van der Waals surface area (Å²) in [5.41, 5.74) is 5.94. The van der Waals surface area contributed by atoms with Crippen molar-refractivity contribution >= 4 is 44.6 Å². The van der Waals surface area contributed by atoms with E-state index >= 15 is 0 Å². The third kappa shape index (κ3) is 3.40. The number of benzene rings is 2. The molecule has 21 heavy (non-hydrogen) atoms. The minimum atomic E-state index is -4.18. The van der Waals surface area contributed by atoms with Gasteiger partial charge in [-0.2, -0.15) is 0 Å². The van der Waals surface area contributed by atoms with E-state index < -0.39 is 20.7 Å². The van der Waals surface area contributed by atoms with Crippen LogP contribution in [0.15, 0.2) is 35.2 Å². The van der Waals surface area contributed by atoms with Crippen LogP contribution in [0.3, 0.4) is 0 Å². The first-order valence-electron chi connectivity index (χ1n) is 5.74. The maximum Gasteiger partial charge on any atom is 0.264 e. The van der Waals surface area contributed by atoms with Crippen LogP contribution in [0.25, 0.3) is 0 Å². The standard InChI is InChI=1S/C13H11Cl2FN2O2S/c1-7-2-3-8(14)5-11(7)18-21(19,20)12-6-9(15)4-10(17)13(12)16/h2-6,18H,17H2,1H3. The third-order valence-electron chi connectivity index (χ3n) is 2.77. The fourth-order valence-electron chi connectivity index (χ4n) is 1.68. The molecule has 2 rings (SSSR count). The predicted molar refractivity (Wildman–Crippen MR) is 82.8 cm³/mol. The van der Waals surface area contributed by atoms with Crippen molar-refractivity contribution in [1.29, 1.82) is 0 Å². The third-order valence-corrected chi connectivity index (χ3v) is 4.58. The van der Waals surface area contributed by atoms with Crippen LogP contribution in [0.2, 0.25) is 10.0 Å². The molecule has 0 fully saturated rings. The lowest BCUT2D eigenvalue weighted by molar-refractivity contribution is 0.573. The lowest BCUT2D eigenvalue weighted by Gasteiger charge is -2.12. The first-order valence-corrected chi connectivity index (χ1v) is 7.98. The molecule has 0 aliphatic heterocycles. The zero-order valence-electron chi connectivity index (χ0n) is 10.8. The number of hydrogen-bond donors (Lipinski definition) is 2. The first-order chi connectivity index (χ1) is 9.70. The number of sulfonamides is 1. The highest BCUT2D eigenvalue weighted by Crippen LogP contribution is 2.28. The highest BCUT2D eigenvalue weighted by molar-refractivity contribution is 7.92. The smallest absolute Gasteiger partial charge is 0.264 e. The zero-order chi connectivity index (χ0) is 15.8. The van der Waals surface area contributed by atoms with Gasteiger partial charge in [-0.25, -0.2) is 12.8 Å². The highest BCUT2D eigenvalue weighted by atomic mass is 35.5. The number of halogens is 3. The molecule has 0 radical (unpaired) electrons. The fourth-order valence-corrected chi connectivity index (χ4v) is 3.40. The number of nitrogens with one attached hydrogen (secondary N) is 1. The van der Waals surface area contributed by atoms with Gasteiger partial charge in [0.2, 0.25) is 0 Å². The Morgan fingerprint density at radius 1 is 1.14 bits per heavy atom. The van der Waals surface area contributed by atoms with Crippen molar-refractivity contribution in [2.75, 3.05) is 10.5 Å². The summed E-state index contributed by atoms with van der Waals surface area (Å²) in [6.07, 6.45) is 0. The van der Waals surface area contributed by atoms with Crippen molar-refractivity contribution in [1.82, 2.24) is 0 Å². The summed E-state index contributed by atoms with van der Waals surface area (Å²) in [6.45, 7) is 1.69. The fraction of sp³-hybridized carbons (Fsp3) is 0.0769. The Hall–Kier alpha value is -1.50. The van der Waals surface area contributed by atoms with Gasteiger partial charge in [0.05, 0.1) is 11.4 Å². The van der Waals surface area contributed by atoms with Crippen LogP contribution in [-0.4, -0.2) is 8.42 Å². The highest BCUT2D eigenvalue weighted by Gasteiger charge is 2.22. The quantitative estimate of drug-likeness (QED) is 0.828. The van der Waals surface area contributed by atoms with Crippen LogP contribution in [-0.2, 0) is 10.0 Å². The molecule has 0 heterocycles. The summed E-state index contributed by atoms with van der Waals surface area (Å²) in [5.74, 6) is -1.05. The minimum Gasteiger partial charge on any atom is -0.396 e. The largest absolute Gasteiger partial charge is 0.396 e. The van der Waals surface area contributed by atoms with E-state index in [1.807, 2.05) is 0 Å². The van der Waals surface area contributed by atoms with Crippen molar-refractivity contribution < 1.29 is 12.8 Å². The molecule has 0 amide bonds. The van der Waals surface area contributed by atoms with Crippen molar-refractivity contribution in [3.8, 4) is 0 Å². The van der Waals surface area contributed by atoms with Crippen molar-refractivity contribution in [2.24, 2.45) is 0 Å². The summed E-state index contributed by atoms with van der Waals surface area (Å²) in [5, 5.41) is 0.376. The van der Waals surface area contributed by atoms with E-state index in [2.05, 4.69) is 4.72 Å².